The second kappa shape index (κ2) is 5.88. The summed E-state index contributed by atoms with van der Waals surface area (Å²) in [7, 11) is 1.47. The quantitative estimate of drug-likeness (QED) is 0.889. The molecule has 1 fully saturated rings. The Labute approximate surface area is 114 Å². The average molecular weight is 267 g/mol. The fraction of sp³-hybridized carbons (Fsp3) is 0.600. The Kier molecular flexibility index (Phi) is 4.42. The first kappa shape index (κ1) is 14.3. The molecule has 4 heteroatoms. The summed E-state index contributed by atoms with van der Waals surface area (Å²) < 4.78 is 24.7. The van der Waals surface area contributed by atoms with Crippen molar-refractivity contribution in [1.29, 1.82) is 0 Å². The van der Waals surface area contributed by atoms with Gasteiger partial charge in [0.1, 0.15) is 0 Å². The second-order valence-electron chi connectivity index (χ2n) is 5.15. The fourth-order valence-electron chi connectivity index (χ4n) is 2.78. The van der Waals surface area contributed by atoms with E-state index in [1.807, 2.05) is 13.0 Å². The normalized spacial score (nSPS) is 24.4. The number of methoxy groups -OCH3 is 1. The molecule has 1 N–H and O–H groups in total. The highest BCUT2D eigenvalue weighted by Gasteiger charge is 2.39. The van der Waals surface area contributed by atoms with Crippen molar-refractivity contribution in [1.82, 2.24) is 5.32 Å². The number of likely N-dealkylation sites (N-methyl/N-ethyl adjacent to an activating group) is 1. The number of rotatable bonds is 5. The van der Waals surface area contributed by atoms with Crippen molar-refractivity contribution in [3.05, 3.63) is 29.6 Å². The Balaban J connectivity index is 2.30. The summed E-state index contributed by atoms with van der Waals surface area (Å²) in [5.74, 6) is -0.0546. The van der Waals surface area contributed by atoms with Crippen molar-refractivity contribution < 1.29 is 13.9 Å². The van der Waals surface area contributed by atoms with Crippen molar-refractivity contribution in [2.45, 2.75) is 38.3 Å². The van der Waals surface area contributed by atoms with Gasteiger partial charge in [-0.15, -0.1) is 0 Å². The first-order chi connectivity index (χ1) is 9.10. The van der Waals surface area contributed by atoms with E-state index >= 15 is 0 Å². The van der Waals surface area contributed by atoms with Gasteiger partial charge >= 0.3 is 0 Å². The molecule has 0 aromatic heterocycles. The Morgan fingerprint density at radius 2 is 2.32 bits per heavy atom. The molecular formula is C15H22FNO2. The zero-order valence-corrected chi connectivity index (χ0v) is 11.8. The Hall–Kier alpha value is -1.13. The van der Waals surface area contributed by atoms with Crippen LogP contribution in [-0.2, 0) is 4.74 Å². The van der Waals surface area contributed by atoms with Gasteiger partial charge in [-0.2, -0.15) is 0 Å². The first-order valence-corrected chi connectivity index (χ1v) is 6.81. The van der Waals surface area contributed by atoms with Crippen LogP contribution in [0.25, 0.3) is 0 Å². The lowest BCUT2D eigenvalue weighted by Gasteiger charge is -2.34. The molecule has 1 aliphatic heterocycles. The SMILES string of the molecule is CCNC(c1ccc(OC)c(F)c1)C1(C)CCCO1. The van der Waals surface area contributed by atoms with Crippen molar-refractivity contribution in [3.63, 3.8) is 0 Å². The molecule has 0 saturated carbocycles. The van der Waals surface area contributed by atoms with Gasteiger partial charge in [0, 0.05) is 6.61 Å². The van der Waals surface area contributed by atoms with Crippen molar-refractivity contribution in [2.75, 3.05) is 20.3 Å². The van der Waals surface area contributed by atoms with Crippen molar-refractivity contribution in [3.8, 4) is 5.75 Å². The maximum absolute atomic E-state index is 13.9. The number of hydrogen-bond donors (Lipinski definition) is 1. The molecule has 2 rings (SSSR count). The van der Waals surface area contributed by atoms with Crippen LogP contribution < -0.4 is 10.1 Å². The molecule has 0 amide bonds. The summed E-state index contributed by atoms with van der Waals surface area (Å²) in [6, 6.07) is 5.12. The molecule has 0 spiro atoms. The van der Waals surface area contributed by atoms with Crippen LogP contribution in [0.2, 0.25) is 0 Å². The largest absolute Gasteiger partial charge is 0.494 e. The van der Waals surface area contributed by atoms with Crippen LogP contribution in [0.1, 0.15) is 38.3 Å². The molecular weight excluding hydrogens is 245 g/mol. The fourth-order valence-corrected chi connectivity index (χ4v) is 2.78. The highest BCUT2D eigenvalue weighted by Crippen LogP contribution is 2.38. The topological polar surface area (TPSA) is 30.5 Å². The van der Waals surface area contributed by atoms with E-state index in [-0.39, 0.29) is 23.2 Å². The summed E-state index contributed by atoms with van der Waals surface area (Å²) >= 11 is 0. The van der Waals surface area contributed by atoms with Crippen molar-refractivity contribution >= 4 is 0 Å². The third-order valence-corrected chi connectivity index (χ3v) is 3.78. The van der Waals surface area contributed by atoms with Crippen molar-refractivity contribution in [2.24, 2.45) is 0 Å². The third-order valence-electron chi connectivity index (χ3n) is 3.78. The number of benzene rings is 1. The number of nitrogens with one attached hydrogen (secondary N) is 1. The van der Waals surface area contributed by atoms with Crippen LogP contribution in [0.5, 0.6) is 5.75 Å². The number of halogens is 1. The highest BCUT2D eigenvalue weighted by molar-refractivity contribution is 5.32. The molecule has 1 aliphatic rings. The molecule has 19 heavy (non-hydrogen) atoms. The molecule has 1 aromatic carbocycles. The van der Waals surface area contributed by atoms with E-state index in [0.29, 0.717) is 0 Å². The molecule has 0 aliphatic carbocycles. The zero-order valence-electron chi connectivity index (χ0n) is 11.8. The average Bonchev–Trinajstić information content (AvgIpc) is 2.83. The maximum atomic E-state index is 13.9. The molecule has 2 atom stereocenters. The minimum absolute atomic E-state index is 0.000376. The Morgan fingerprint density at radius 3 is 2.84 bits per heavy atom. The molecule has 2 unspecified atom stereocenters. The smallest absolute Gasteiger partial charge is 0.165 e. The molecule has 1 saturated heterocycles. The van der Waals surface area contributed by atoms with Crippen LogP contribution in [0.15, 0.2) is 18.2 Å². The summed E-state index contributed by atoms with van der Waals surface area (Å²) in [6.45, 7) is 5.73. The van der Waals surface area contributed by atoms with Gasteiger partial charge in [0.15, 0.2) is 11.6 Å². The minimum Gasteiger partial charge on any atom is -0.494 e. The van der Waals surface area contributed by atoms with Gasteiger partial charge in [0.2, 0.25) is 0 Å². The molecule has 106 valence electrons. The molecule has 0 bridgehead atoms. The lowest BCUT2D eigenvalue weighted by molar-refractivity contribution is -0.0121. The van der Waals surface area contributed by atoms with Gasteiger partial charge in [0.25, 0.3) is 0 Å². The summed E-state index contributed by atoms with van der Waals surface area (Å²) in [4.78, 5) is 0. The van der Waals surface area contributed by atoms with E-state index in [9.17, 15) is 4.39 Å². The van der Waals surface area contributed by atoms with Crippen LogP contribution in [0.4, 0.5) is 4.39 Å². The molecule has 3 nitrogen and oxygen atoms in total. The van der Waals surface area contributed by atoms with E-state index in [1.165, 1.54) is 7.11 Å². The second-order valence-corrected chi connectivity index (χ2v) is 5.15. The van der Waals surface area contributed by atoms with E-state index in [1.54, 1.807) is 12.1 Å². The summed E-state index contributed by atoms with van der Waals surface area (Å²) in [5.41, 5.74) is 0.640. The van der Waals surface area contributed by atoms with Gasteiger partial charge in [-0.25, -0.2) is 4.39 Å². The lowest BCUT2D eigenvalue weighted by atomic mass is 9.87. The van der Waals surface area contributed by atoms with Crippen LogP contribution in [0.3, 0.4) is 0 Å². The summed E-state index contributed by atoms with van der Waals surface area (Å²) in [5, 5.41) is 3.41. The van der Waals surface area contributed by atoms with Gasteiger partial charge < -0.3 is 14.8 Å². The lowest BCUT2D eigenvalue weighted by Crippen LogP contribution is -2.41. The summed E-state index contributed by atoms with van der Waals surface area (Å²) in [6.07, 6.45) is 2.04. The van der Waals surface area contributed by atoms with E-state index in [4.69, 9.17) is 9.47 Å². The first-order valence-electron chi connectivity index (χ1n) is 6.81. The van der Waals surface area contributed by atoms with E-state index in [2.05, 4.69) is 12.2 Å². The molecule has 1 aromatic rings. The van der Waals surface area contributed by atoms with E-state index < -0.39 is 0 Å². The number of hydrogen-bond acceptors (Lipinski definition) is 3. The number of ether oxygens (including phenoxy) is 2. The third kappa shape index (κ3) is 2.90. The van der Waals surface area contributed by atoms with Crippen LogP contribution in [0, 0.1) is 5.82 Å². The van der Waals surface area contributed by atoms with Gasteiger partial charge in [0.05, 0.1) is 18.8 Å². The van der Waals surface area contributed by atoms with Gasteiger partial charge in [-0.3, -0.25) is 0 Å². The predicted molar refractivity (Wildman–Crippen MR) is 73.0 cm³/mol. The Bertz CT molecular complexity index is 430. The van der Waals surface area contributed by atoms with Crippen LogP contribution in [-0.4, -0.2) is 25.9 Å². The minimum atomic E-state index is -0.329. The standard InChI is InChI=1S/C15H22FNO2/c1-4-17-14(15(2)8-5-9-19-15)11-6-7-13(18-3)12(16)10-11/h6-7,10,14,17H,4-5,8-9H2,1-3H3. The monoisotopic (exact) mass is 267 g/mol. The van der Waals surface area contributed by atoms with Gasteiger partial charge in [-0.1, -0.05) is 13.0 Å². The van der Waals surface area contributed by atoms with Crippen LogP contribution >= 0.6 is 0 Å². The maximum Gasteiger partial charge on any atom is 0.165 e. The van der Waals surface area contributed by atoms with Gasteiger partial charge in [-0.05, 0) is 44.0 Å². The Morgan fingerprint density at radius 1 is 1.53 bits per heavy atom. The molecule has 0 radical (unpaired) electrons. The zero-order chi connectivity index (χ0) is 13.9. The predicted octanol–water partition coefficient (Wildman–Crippen LogP) is 3.05. The molecule has 1 heterocycles. The van der Waals surface area contributed by atoms with E-state index in [0.717, 1.165) is 31.6 Å². The highest BCUT2D eigenvalue weighted by atomic mass is 19.1.